The molecule has 0 spiro atoms. The fraction of sp³-hybridized carbons (Fsp3) is 0.562. The van der Waals surface area contributed by atoms with Gasteiger partial charge in [-0.15, -0.1) is 0 Å². The van der Waals surface area contributed by atoms with Gasteiger partial charge in [-0.05, 0) is 37.8 Å². The van der Waals surface area contributed by atoms with Crippen LogP contribution in [0.3, 0.4) is 0 Å². The number of nitrogens with one attached hydrogen (secondary N) is 2. The second-order valence-electron chi connectivity index (χ2n) is 6.09. The van der Waals surface area contributed by atoms with Crippen molar-refractivity contribution in [3.05, 3.63) is 24.0 Å². The number of rotatable bonds is 7. The molecule has 0 aliphatic heterocycles. The van der Waals surface area contributed by atoms with Crippen molar-refractivity contribution in [1.82, 2.24) is 5.32 Å². The Morgan fingerprint density at radius 1 is 1.45 bits per heavy atom. The maximum atomic E-state index is 13.5. The first kappa shape index (κ1) is 18.2. The van der Waals surface area contributed by atoms with E-state index in [0.717, 1.165) is 6.42 Å². The van der Waals surface area contributed by atoms with Crippen LogP contribution in [0.5, 0.6) is 5.75 Å². The van der Waals surface area contributed by atoms with E-state index in [0.29, 0.717) is 18.0 Å². The van der Waals surface area contributed by atoms with Gasteiger partial charge in [0.15, 0.2) is 11.6 Å². The van der Waals surface area contributed by atoms with Crippen molar-refractivity contribution >= 4 is 11.7 Å². The fourth-order valence-corrected chi connectivity index (χ4v) is 1.88. The molecule has 1 rings (SSSR count). The third-order valence-corrected chi connectivity index (χ3v) is 3.30. The summed E-state index contributed by atoms with van der Waals surface area (Å²) in [5.74, 6) is 0.0504. The SMILES string of the molecule is COc1ccc(NC(=O)NCC(C)(O)CCC(C)C)cc1F. The van der Waals surface area contributed by atoms with Crippen molar-refractivity contribution in [2.24, 2.45) is 5.92 Å². The summed E-state index contributed by atoms with van der Waals surface area (Å²) in [7, 11) is 1.37. The monoisotopic (exact) mass is 312 g/mol. The first-order valence-electron chi connectivity index (χ1n) is 7.34. The Balaban J connectivity index is 2.47. The maximum absolute atomic E-state index is 13.5. The number of carbonyl (C=O) groups is 1. The third kappa shape index (κ3) is 6.30. The Labute approximate surface area is 130 Å². The number of ether oxygens (including phenoxy) is 1. The van der Waals surface area contributed by atoms with Gasteiger partial charge in [-0.1, -0.05) is 13.8 Å². The minimum absolute atomic E-state index is 0.113. The van der Waals surface area contributed by atoms with E-state index in [2.05, 4.69) is 24.5 Å². The highest BCUT2D eigenvalue weighted by molar-refractivity contribution is 5.89. The zero-order chi connectivity index (χ0) is 16.8. The van der Waals surface area contributed by atoms with Gasteiger partial charge in [0.05, 0.1) is 12.7 Å². The van der Waals surface area contributed by atoms with E-state index in [4.69, 9.17) is 4.74 Å². The number of anilines is 1. The van der Waals surface area contributed by atoms with Crippen LogP contribution in [0, 0.1) is 11.7 Å². The first-order valence-corrected chi connectivity index (χ1v) is 7.34. The summed E-state index contributed by atoms with van der Waals surface area (Å²) in [6, 6.07) is 3.66. The standard InChI is InChI=1S/C16H25FN2O3/c1-11(2)7-8-16(3,21)10-18-15(20)19-12-5-6-14(22-4)13(17)9-12/h5-6,9,11,21H,7-8,10H2,1-4H3,(H2,18,19,20). The summed E-state index contributed by atoms with van der Waals surface area (Å²) in [6.45, 7) is 5.97. The van der Waals surface area contributed by atoms with Gasteiger partial charge < -0.3 is 20.5 Å². The zero-order valence-corrected chi connectivity index (χ0v) is 13.6. The second kappa shape index (κ2) is 7.98. The Kier molecular flexibility index (Phi) is 6.61. The van der Waals surface area contributed by atoms with Gasteiger partial charge in [-0.2, -0.15) is 0 Å². The molecule has 0 radical (unpaired) electrons. The number of aliphatic hydroxyl groups is 1. The Morgan fingerprint density at radius 2 is 2.14 bits per heavy atom. The molecular weight excluding hydrogens is 287 g/mol. The van der Waals surface area contributed by atoms with Gasteiger partial charge in [-0.3, -0.25) is 0 Å². The van der Waals surface area contributed by atoms with Crippen LogP contribution in [0.4, 0.5) is 14.9 Å². The summed E-state index contributed by atoms with van der Waals surface area (Å²) in [5.41, 5.74) is -0.648. The van der Waals surface area contributed by atoms with Crippen LogP contribution in [0.25, 0.3) is 0 Å². The van der Waals surface area contributed by atoms with E-state index in [9.17, 15) is 14.3 Å². The number of halogens is 1. The van der Waals surface area contributed by atoms with Crippen molar-refractivity contribution in [3.63, 3.8) is 0 Å². The molecule has 1 atom stereocenters. The highest BCUT2D eigenvalue weighted by Gasteiger charge is 2.21. The lowest BCUT2D eigenvalue weighted by Gasteiger charge is -2.24. The molecule has 1 aromatic rings. The number of benzene rings is 1. The molecule has 22 heavy (non-hydrogen) atoms. The quantitative estimate of drug-likeness (QED) is 0.724. The molecule has 6 heteroatoms. The fourth-order valence-electron chi connectivity index (χ4n) is 1.88. The van der Waals surface area contributed by atoms with Crippen LogP contribution >= 0.6 is 0 Å². The molecule has 0 fully saturated rings. The van der Waals surface area contributed by atoms with Crippen molar-refractivity contribution < 1.29 is 19.0 Å². The molecule has 0 aliphatic rings. The second-order valence-corrected chi connectivity index (χ2v) is 6.09. The molecule has 0 bridgehead atoms. The Bertz CT molecular complexity index is 504. The van der Waals surface area contributed by atoms with Crippen molar-refractivity contribution in [3.8, 4) is 5.75 Å². The summed E-state index contributed by atoms with van der Waals surface area (Å²) >= 11 is 0. The largest absolute Gasteiger partial charge is 0.494 e. The van der Waals surface area contributed by atoms with Crippen LogP contribution in [0.15, 0.2) is 18.2 Å². The van der Waals surface area contributed by atoms with Gasteiger partial charge >= 0.3 is 6.03 Å². The lowest BCUT2D eigenvalue weighted by molar-refractivity contribution is 0.0481. The smallest absolute Gasteiger partial charge is 0.319 e. The molecular formula is C16H25FN2O3. The number of hydrogen-bond donors (Lipinski definition) is 3. The lowest BCUT2D eigenvalue weighted by atomic mass is 9.95. The molecule has 3 N–H and O–H groups in total. The predicted molar refractivity (Wildman–Crippen MR) is 84.7 cm³/mol. The van der Waals surface area contributed by atoms with Crippen LogP contribution in [-0.4, -0.2) is 30.4 Å². The third-order valence-electron chi connectivity index (χ3n) is 3.30. The van der Waals surface area contributed by atoms with Crippen molar-refractivity contribution in [1.29, 1.82) is 0 Å². The lowest BCUT2D eigenvalue weighted by Crippen LogP contribution is -2.42. The minimum atomic E-state index is -0.966. The molecule has 124 valence electrons. The molecule has 1 unspecified atom stereocenters. The molecule has 0 saturated carbocycles. The topological polar surface area (TPSA) is 70.6 Å². The molecule has 5 nitrogen and oxygen atoms in total. The first-order chi connectivity index (χ1) is 10.2. The molecule has 0 heterocycles. The average Bonchev–Trinajstić information content (AvgIpc) is 2.44. The number of amides is 2. The number of hydrogen-bond acceptors (Lipinski definition) is 3. The zero-order valence-electron chi connectivity index (χ0n) is 13.6. The van der Waals surface area contributed by atoms with Gasteiger partial charge in [0, 0.05) is 18.3 Å². The van der Waals surface area contributed by atoms with Crippen LogP contribution in [0.2, 0.25) is 0 Å². The molecule has 2 amide bonds. The normalized spacial score (nSPS) is 13.6. The van der Waals surface area contributed by atoms with E-state index < -0.39 is 17.4 Å². The van der Waals surface area contributed by atoms with E-state index in [1.807, 2.05) is 0 Å². The summed E-state index contributed by atoms with van der Waals surface area (Å²) in [5, 5.41) is 15.3. The summed E-state index contributed by atoms with van der Waals surface area (Å²) in [4.78, 5) is 11.8. The van der Waals surface area contributed by atoms with Crippen LogP contribution in [-0.2, 0) is 0 Å². The van der Waals surface area contributed by atoms with E-state index in [1.54, 1.807) is 13.0 Å². The van der Waals surface area contributed by atoms with Gasteiger partial charge in [0.25, 0.3) is 0 Å². The van der Waals surface area contributed by atoms with Crippen LogP contribution < -0.4 is 15.4 Å². The molecule has 0 saturated heterocycles. The molecule has 0 aromatic heterocycles. The molecule has 1 aromatic carbocycles. The Hall–Kier alpha value is -1.82. The molecule has 0 aliphatic carbocycles. The summed E-state index contributed by atoms with van der Waals surface area (Å²) < 4.78 is 18.3. The van der Waals surface area contributed by atoms with E-state index >= 15 is 0 Å². The van der Waals surface area contributed by atoms with Crippen molar-refractivity contribution in [2.75, 3.05) is 19.0 Å². The van der Waals surface area contributed by atoms with Gasteiger partial charge in [0.2, 0.25) is 0 Å². The highest BCUT2D eigenvalue weighted by atomic mass is 19.1. The maximum Gasteiger partial charge on any atom is 0.319 e. The number of methoxy groups -OCH3 is 1. The van der Waals surface area contributed by atoms with Crippen molar-refractivity contribution in [2.45, 2.75) is 39.2 Å². The Morgan fingerprint density at radius 3 is 2.68 bits per heavy atom. The van der Waals surface area contributed by atoms with E-state index in [-0.39, 0.29) is 12.3 Å². The average molecular weight is 312 g/mol. The van der Waals surface area contributed by atoms with E-state index in [1.165, 1.54) is 19.2 Å². The predicted octanol–water partition coefficient (Wildman–Crippen LogP) is 3.14. The van der Waals surface area contributed by atoms with Gasteiger partial charge in [0.1, 0.15) is 0 Å². The number of carbonyl (C=O) groups excluding carboxylic acids is 1. The number of urea groups is 1. The van der Waals surface area contributed by atoms with Crippen LogP contribution in [0.1, 0.15) is 33.6 Å². The van der Waals surface area contributed by atoms with Gasteiger partial charge in [-0.25, -0.2) is 9.18 Å². The minimum Gasteiger partial charge on any atom is -0.494 e. The highest BCUT2D eigenvalue weighted by Crippen LogP contribution is 2.20. The summed E-state index contributed by atoms with van der Waals surface area (Å²) in [6.07, 6.45) is 1.47.